The highest BCUT2D eigenvalue weighted by molar-refractivity contribution is 7.90. The van der Waals surface area contributed by atoms with Crippen molar-refractivity contribution in [2.45, 2.75) is 0 Å². The number of anilines is 1. The van der Waals surface area contributed by atoms with Gasteiger partial charge >= 0.3 is 16.2 Å². The minimum Gasteiger partial charge on any atom is -0.480 e. The van der Waals surface area contributed by atoms with Crippen molar-refractivity contribution in [1.29, 1.82) is 0 Å². The number of carboxylic acids is 1. The van der Waals surface area contributed by atoms with E-state index in [1.807, 2.05) is 0 Å². The highest BCUT2D eigenvalue weighted by atomic mass is 32.2. The molecular weight excluding hydrogens is 234 g/mol. The Hall–Kier alpha value is -1.67. The van der Waals surface area contributed by atoms with Gasteiger partial charge in [0.05, 0.1) is 11.9 Å². The van der Waals surface area contributed by atoms with E-state index >= 15 is 0 Å². The maximum absolute atomic E-state index is 11.6. The van der Waals surface area contributed by atoms with Gasteiger partial charge < -0.3 is 5.11 Å². The zero-order valence-electron chi connectivity index (χ0n) is 8.49. The largest absolute Gasteiger partial charge is 0.480 e. The molecule has 1 heterocycles. The van der Waals surface area contributed by atoms with E-state index in [1.165, 1.54) is 25.5 Å². The second kappa shape index (κ2) is 4.90. The molecule has 7 nitrogen and oxygen atoms in total. The van der Waals surface area contributed by atoms with E-state index < -0.39 is 22.7 Å². The van der Waals surface area contributed by atoms with Crippen LogP contribution >= 0.6 is 0 Å². The predicted octanol–water partition coefficient (Wildman–Crippen LogP) is -0.245. The van der Waals surface area contributed by atoms with Crippen LogP contribution in [0.2, 0.25) is 0 Å². The van der Waals surface area contributed by atoms with Crippen LogP contribution in [0.4, 0.5) is 5.69 Å². The lowest BCUT2D eigenvalue weighted by atomic mass is 10.4. The molecule has 0 unspecified atom stereocenters. The molecule has 0 fully saturated rings. The van der Waals surface area contributed by atoms with Crippen LogP contribution in [0.15, 0.2) is 24.5 Å². The van der Waals surface area contributed by atoms with Gasteiger partial charge in [-0.25, -0.2) is 0 Å². The summed E-state index contributed by atoms with van der Waals surface area (Å²) in [5, 5.41) is 8.47. The number of nitrogens with zero attached hydrogens (tertiary/aromatic N) is 2. The molecule has 2 N–H and O–H groups in total. The van der Waals surface area contributed by atoms with Crippen molar-refractivity contribution >= 4 is 21.9 Å². The second-order valence-corrected chi connectivity index (χ2v) is 4.78. The Morgan fingerprint density at radius 3 is 2.81 bits per heavy atom. The van der Waals surface area contributed by atoms with Gasteiger partial charge in [0.15, 0.2) is 0 Å². The number of pyridine rings is 1. The van der Waals surface area contributed by atoms with Crippen LogP contribution < -0.4 is 4.72 Å². The summed E-state index contributed by atoms with van der Waals surface area (Å²) in [6.45, 7) is -0.602. The zero-order chi connectivity index (χ0) is 12.2. The fourth-order valence-electron chi connectivity index (χ4n) is 0.925. The zero-order valence-corrected chi connectivity index (χ0v) is 9.31. The number of aromatic nitrogens is 1. The normalized spacial score (nSPS) is 11.4. The molecule has 16 heavy (non-hydrogen) atoms. The molecular formula is C8H11N3O4S. The van der Waals surface area contributed by atoms with Gasteiger partial charge in [0.1, 0.15) is 6.54 Å². The van der Waals surface area contributed by atoms with Crippen molar-refractivity contribution in [2.24, 2.45) is 0 Å². The molecule has 0 aliphatic carbocycles. The lowest BCUT2D eigenvalue weighted by Gasteiger charge is -2.15. The van der Waals surface area contributed by atoms with Gasteiger partial charge in [-0.3, -0.25) is 14.5 Å². The van der Waals surface area contributed by atoms with E-state index in [2.05, 4.69) is 9.71 Å². The molecule has 0 saturated heterocycles. The summed E-state index contributed by atoms with van der Waals surface area (Å²) in [4.78, 5) is 14.1. The average Bonchev–Trinajstić information content (AvgIpc) is 2.17. The van der Waals surface area contributed by atoms with E-state index in [0.717, 1.165) is 0 Å². The Bertz CT molecular complexity index is 459. The molecule has 88 valence electrons. The third-order valence-corrected chi connectivity index (χ3v) is 3.12. The van der Waals surface area contributed by atoms with Crippen molar-refractivity contribution in [3.05, 3.63) is 24.5 Å². The first kappa shape index (κ1) is 12.4. The fraction of sp³-hybridized carbons (Fsp3) is 0.250. The molecule has 0 aromatic carbocycles. The van der Waals surface area contributed by atoms with Crippen molar-refractivity contribution < 1.29 is 18.3 Å². The van der Waals surface area contributed by atoms with E-state index in [4.69, 9.17) is 5.11 Å². The van der Waals surface area contributed by atoms with Gasteiger partial charge in [-0.15, -0.1) is 0 Å². The Balaban J connectivity index is 2.76. The molecule has 1 rings (SSSR count). The SMILES string of the molecule is CN(CC(=O)O)S(=O)(=O)Nc1cccnc1. The van der Waals surface area contributed by atoms with Gasteiger partial charge in [0, 0.05) is 13.2 Å². The topological polar surface area (TPSA) is 99.6 Å². The van der Waals surface area contributed by atoms with E-state index in [9.17, 15) is 13.2 Å². The molecule has 0 radical (unpaired) electrons. The first-order valence-corrected chi connectivity index (χ1v) is 5.72. The summed E-state index contributed by atoms with van der Waals surface area (Å²) < 4.78 is 26.0. The van der Waals surface area contributed by atoms with Crippen molar-refractivity contribution in [3.63, 3.8) is 0 Å². The number of nitrogens with one attached hydrogen (secondary N) is 1. The Kier molecular flexibility index (Phi) is 3.80. The van der Waals surface area contributed by atoms with Gasteiger partial charge in [0.25, 0.3) is 0 Å². The summed E-state index contributed by atoms with van der Waals surface area (Å²) in [6.07, 6.45) is 2.82. The highest BCUT2D eigenvalue weighted by Gasteiger charge is 2.19. The van der Waals surface area contributed by atoms with E-state index in [0.29, 0.717) is 4.31 Å². The number of aliphatic carboxylic acids is 1. The highest BCUT2D eigenvalue weighted by Crippen LogP contribution is 2.07. The van der Waals surface area contributed by atoms with Crippen molar-refractivity contribution in [3.8, 4) is 0 Å². The van der Waals surface area contributed by atoms with Crippen LogP contribution in [0, 0.1) is 0 Å². The first-order valence-electron chi connectivity index (χ1n) is 4.28. The van der Waals surface area contributed by atoms with E-state index in [-0.39, 0.29) is 5.69 Å². The Labute approximate surface area is 92.9 Å². The third-order valence-electron chi connectivity index (χ3n) is 1.68. The summed E-state index contributed by atoms with van der Waals surface area (Å²) in [5.41, 5.74) is 0.278. The minimum atomic E-state index is -3.85. The molecule has 0 bridgehead atoms. The number of likely N-dealkylation sites (N-methyl/N-ethyl adjacent to an activating group) is 1. The standard InChI is InChI=1S/C8H11N3O4S/c1-11(6-8(12)13)16(14,15)10-7-3-2-4-9-5-7/h2-5,10H,6H2,1H3,(H,12,13). The molecule has 1 aromatic heterocycles. The number of carbonyl (C=O) groups is 1. The first-order chi connectivity index (χ1) is 7.42. The van der Waals surface area contributed by atoms with Crippen molar-refractivity contribution in [1.82, 2.24) is 9.29 Å². The second-order valence-electron chi connectivity index (χ2n) is 3.00. The van der Waals surface area contributed by atoms with Gasteiger partial charge in [0.2, 0.25) is 0 Å². The van der Waals surface area contributed by atoms with Crippen LogP contribution in [0.3, 0.4) is 0 Å². The van der Waals surface area contributed by atoms with Crippen molar-refractivity contribution in [2.75, 3.05) is 18.3 Å². The van der Waals surface area contributed by atoms with Crippen LogP contribution in [0.25, 0.3) is 0 Å². The Morgan fingerprint density at radius 1 is 1.62 bits per heavy atom. The van der Waals surface area contributed by atoms with Crippen LogP contribution in [-0.4, -0.2) is 42.4 Å². The fourth-order valence-corrected chi connectivity index (χ4v) is 1.78. The van der Waals surface area contributed by atoms with Crippen LogP contribution in [-0.2, 0) is 15.0 Å². The number of hydrogen-bond acceptors (Lipinski definition) is 4. The molecule has 0 aliphatic heterocycles. The lowest BCUT2D eigenvalue weighted by Crippen LogP contribution is -2.36. The summed E-state index contributed by atoms with van der Waals surface area (Å²) in [5.74, 6) is -1.22. The molecule has 0 amide bonds. The number of rotatable bonds is 5. The molecule has 0 atom stereocenters. The average molecular weight is 245 g/mol. The van der Waals surface area contributed by atoms with Gasteiger partial charge in [-0.05, 0) is 12.1 Å². The van der Waals surface area contributed by atoms with E-state index in [1.54, 1.807) is 6.07 Å². The van der Waals surface area contributed by atoms with Gasteiger partial charge in [-0.1, -0.05) is 0 Å². The quantitative estimate of drug-likeness (QED) is 0.745. The van der Waals surface area contributed by atoms with Crippen LogP contribution in [0.5, 0.6) is 0 Å². The monoisotopic (exact) mass is 245 g/mol. The summed E-state index contributed by atoms with van der Waals surface area (Å²) >= 11 is 0. The molecule has 0 aliphatic rings. The summed E-state index contributed by atoms with van der Waals surface area (Å²) in [7, 11) is -2.67. The maximum atomic E-state index is 11.6. The summed E-state index contributed by atoms with van der Waals surface area (Å²) in [6, 6.07) is 3.08. The predicted molar refractivity (Wildman–Crippen MR) is 57.0 cm³/mol. The van der Waals surface area contributed by atoms with Crippen LogP contribution in [0.1, 0.15) is 0 Å². The van der Waals surface area contributed by atoms with Gasteiger partial charge in [-0.2, -0.15) is 12.7 Å². The minimum absolute atomic E-state index is 0.278. The number of carboxylic acid groups (broad SMARTS) is 1. The smallest absolute Gasteiger partial charge is 0.318 e. The maximum Gasteiger partial charge on any atom is 0.318 e. The molecule has 0 saturated carbocycles. The third kappa shape index (κ3) is 3.48. The lowest BCUT2D eigenvalue weighted by molar-refractivity contribution is -0.137. The molecule has 1 aromatic rings. The molecule has 8 heteroatoms. The Morgan fingerprint density at radius 2 is 2.31 bits per heavy atom. The number of hydrogen-bond donors (Lipinski definition) is 2. The molecule has 0 spiro atoms.